The van der Waals surface area contributed by atoms with Crippen LogP contribution in [-0.2, 0) is 0 Å². The fourth-order valence-electron chi connectivity index (χ4n) is 0.765. The van der Waals surface area contributed by atoms with Crippen molar-refractivity contribution in [1.82, 2.24) is 9.97 Å². The Hall–Kier alpha value is -1.08. The molecule has 1 aromatic rings. The Morgan fingerprint density at radius 1 is 1.46 bits per heavy atom. The molecule has 0 aromatic carbocycles. The zero-order valence-corrected chi connectivity index (χ0v) is 8.93. The van der Waals surface area contributed by atoms with Gasteiger partial charge in [0.05, 0.1) is 4.47 Å². The van der Waals surface area contributed by atoms with E-state index in [0.717, 1.165) is 17.4 Å². The number of rotatable bonds is 3. The van der Waals surface area contributed by atoms with Crippen molar-refractivity contribution in [3.05, 3.63) is 16.9 Å². The van der Waals surface area contributed by atoms with Crippen LogP contribution < -0.4 is 5.32 Å². The molecule has 0 unspecified atom stereocenters. The van der Waals surface area contributed by atoms with E-state index in [2.05, 4.69) is 43.1 Å². The summed E-state index contributed by atoms with van der Waals surface area (Å²) in [5, 5.41) is 3.06. The quantitative estimate of drug-likeness (QED) is 0.649. The molecule has 0 aliphatic carbocycles. The molecule has 0 amide bonds. The lowest BCUT2D eigenvalue weighted by Crippen LogP contribution is -2.03. The third-order valence-electron chi connectivity index (χ3n) is 1.33. The van der Waals surface area contributed by atoms with Gasteiger partial charge in [-0.15, -0.1) is 11.8 Å². The smallest absolute Gasteiger partial charge is 0.222 e. The van der Waals surface area contributed by atoms with Crippen LogP contribution in [0.3, 0.4) is 0 Å². The van der Waals surface area contributed by atoms with Crippen LogP contribution in [0.2, 0.25) is 0 Å². The van der Waals surface area contributed by atoms with Crippen molar-refractivity contribution in [1.29, 1.82) is 0 Å². The first-order chi connectivity index (χ1) is 6.33. The zero-order chi connectivity index (χ0) is 9.52. The van der Waals surface area contributed by atoms with Crippen molar-refractivity contribution in [2.75, 3.05) is 11.9 Å². The molecule has 4 heteroatoms. The van der Waals surface area contributed by atoms with Gasteiger partial charge in [0.25, 0.3) is 0 Å². The molecule has 0 saturated heterocycles. The minimum absolute atomic E-state index is 0.640. The van der Waals surface area contributed by atoms with Gasteiger partial charge < -0.3 is 5.32 Å². The van der Waals surface area contributed by atoms with Gasteiger partial charge in [0, 0.05) is 25.4 Å². The lowest BCUT2D eigenvalue weighted by atomic mass is 10.4. The largest absolute Gasteiger partial charge is 0.353 e. The highest BCUT2D eigenvalue weighted by atomic mass is 79.9. The molecular weight excluding hydrogens is 230 g/mol. The normalized spacial score (nSPS) is 8.77. The van der Waals surface area contributed by atoms with Crippen molar-refractivity contribution < 1.29 is 0 Å². The van der Waals surface area contributed by atoms with Crippen molar-refractivity contribution >= 4 is 21.9 Å². The average molecular weight is 240 g/mol. The maximum atomic E-state index is 4.06. The number of aromatic nitrogens is 2. The molecule has 1 rings (SSSR count). The van der Waals surface area contributed by atoms with Gasteiger partial charge in [-0.25, -0.2) is 9.97 Å². The van der Waals surface area contributed by atoms with E-state index in [-0.39, 0.29) is 0 Å². The van der Waals surface area contributed by atoms with Crippen LogP contribution in [-0.4, -0.2) is 16.5 Å². The maximum Gasteiger partial charge on any atom is 0.222 e. The Morgan fingerprint density at radius 3 is 2.77 bits per heavy atom. The molecule has 3 nitrogen and oxygen atoms in total. The monoisotopic (exact) mass is 239 g/mol. The highest BCUT2D eigenvalue weighted by Crippen LogP contribution is 2.06. The highest BCUT2D eigenvalue weighted by Gasteiger charge is 1.92. The third kappa shape index (κ3) is 3.90. The molecule has 0 bridgehead atoms. The number of halogens is 1. The first-order valence-corrected chi connectivity index (χ1v) is 4.73. The lowest BCUT2D eigenvalue weighted by Gasteiger charge is -2.00. The van der Waals surface area contributed by atoms with Gasteiger partial charge in [-0.2, -0.15) is 0 Å². The first-order valence-electron chi connectivity index (χ1n) is 3.94. The van der Waals surface area contributed by atoms with Crippen LogP contribution in [0.4, 0.5) is 5.95 Å². The first kappa shape index (κ1) is 10.0. The molecule has 1 aromatic heterocycles. The Balaban J connectivity index is 2.36. The highest BCUT2D eigenvalue weighted by molar-refractivity contribution is 9.10. The Labute approximate surface area is 86.1 Å². The van der Waals surface area contributed by atoms with Crippen molar-refractivity contribution in [3.63, 3.8) is 0 Å². The van der Waals surface area contributed by atoms with Crippen LogP contribution in [0, 0.1) is 11.8 Å². The van der Waals surface area contributed by atoms with Crippen LogP contribution >= 0.6 is 15.9 Å². The molecule has 0 aliphatic rings. The summed E-state index contributed by atoms with van der Waals surface area (Å²) in [5.74, 6) is 6.42. The Bertz CT molecular complexity index is 310. The number of hydrogen-bond donors (Lipinski definition) is 1. The molecular formula is C9H10BrN3. The Morgan fingerprint density at radius 2 is 2.15 bits per heavy atom. The molecule has 0 fully saturated rings. The molecule has 0 spiro atoms. The van der Waals surface area contributed by atoms with Crippen LogP contribution in [0.15, 0.2) is 16.9 Å². The summed E-state index contributed by atoms with van der Waals surface area (Å²) in [6.07, 6.45) is 4.23. The van der Waals surface area contributed by atoms with Gasteiger partial charge >= 0.3 is 0 Å². The second-order valence-corrected chi connectivity index (χ2v) is 3.24. The van der Waals surface area contributed by atoms with E-state index in [0.29, 0.717) is 5.95 Å². The second kappa shape index (κ2) is 5.55. The Kier molecular flexibility index (Phi) is 4.27. The van der Waals surface area contributed by atoms with E-state index in [1.807, 2.05) is 6.92 Å². The zero-order valence-electron chi connectivity index (χ0n) is 7.34. The van der Waals surface area contributed by atoms with E-state index in [1.54, 1.807) is 12.4 Å². The number of nitrogens with zero attached hydrogens (tertiary/aromatic N) is 2. The van der Waals surface area contributed by atoms with Gasteiger partial charge in [0.2, 0.25) is 5.95 Å². The molecule has 0 radical (unpaired) electrons. The lowest BCUT2D eigenvalue weighted by molar-refractivity contribution is 1.03. The summed E-state index contributed by atoms with van der Waals surface area (Å²) < 4.78 is 0.881. The fraction of sp³-hybridized carbons (Fsp3) is 0.333. The summed E-state index contributed by atoms with van der Waals surface area (Å²) in [4.78, 5) is 8.12. The summed E-state index contributed by atoms with van der Waals surface area (Å²) in [5.41, 5.74) is 0. The molecule has 0 saturated carbocycles. The summed E-state index contributed by atoms with van der Waals surface area (Å²) in [6, 6.07) is 0. The summed E-state index contributed by atoms with van der Waals surface area (Å²) in [6.45, 7) is 2.61. The van der Waals surface area contributed by atoms with Crippen LogP contribution in [0.5, 0.6) is 0 Å². The van der Waals surface area contributed by atoms with Crippen LogP contribution in [0.1, 0.15) is 13.3 Å². The second-order valence-electron chi connectivity index (χ2n) is 2.33. The molecule has 1 N–H and O–H groups in total. The average Bonchev–Trinajstić information content (AvgIpc) is 2.15. The van der Waals surface area contributed by atoms with E-state index in [9.17, 15) is 0 Å². The van der Waals surface area contributed by atoms with E-state index in [4.69, 9.17) is 0 Å². The predicted molar refractivity (Wildman–Crippen MR) is 56.3 cm³/mol. The van der Waals surface area contributed by atoms with Crippen molar-refractivity contribution in [2.24, 2.45) is 0 Å². The van der Waals surface area contributed by atoms with Crippen LogP contribution in [0.25, 0.3) is 0 Å². The molecule has 1 heterocycles. The van der Waals surface area contributed by atoms with Gasteiger partial charge in [0.15, 0.2) is 0 Å². The molecule has 0 atom stereocenters. The van der Waals surface area contributed by atoms with E-state index in [1.165, 1.54) is 0 Å². The minimum Gasteiger partial charge on any atom is -0.353 e. The molecule has 0 aliphatic heterocycles. The SMILES string of the molecule is CC#CCCNc1ncc(Br)cn1. The van der Waals surface area contributed by atoms with Crippen molar-refractivity contribution in [2.45, 2.75) is 13.3 Å². The van der Waals surface area contributed by atoms with E-state index >= 15 is 0 Å². The van der Waals surface area contributed by atoms with Gasteiger partial charge in [-0.05, 0) is 22.9 Å². The summed E-state index contributed by atoms with van der Waals surface area (Å²) in [7, 11) is 0. The maximum absolute atomic E-state index is 4.06. The van der Waals surface area contributed by atoms with E-state index < -0.39 is 0 Å². The number of nitrogens with one attached hydrogen (secondary N) is 1. The number of hydrogen-bond acceptors (Lipinski definition) is 3. The topological polar surface area (TPSA) is 37.8 Å². The molecule has 68 valence electrons. The standard InChI is InChI=1S/C9H10BrN3/c1-2-3-4-5-11-9-12-6-8(10)7-13-9/h6-7H,4-5H2,1H3,(H,11,12,13). The predicted octanol–water partition coefficient (Wildman–Crippen LogP) is 2.06. The minimum atomic E-state index is 0.640. The fourth-order valence-corrected chi connectivity index (χ4v) is 0.970. The van der Waals surface area contributed by atoms with Gasteiger partial charge in [-0.3, -0.25) is 0 Å². The summed E-state index contributed by atoms with van der Waals surface area (Å²) >= 11 is 3.26. The third-order valence-corrected chi connectivity index (χ3v) is 1.74. The molecule has 13 heavy (non-hydrogen) atoms. The number of anilines is 1. The van der Waals surface area contributed by atoms with Gasteiger partial charge in [0.1, 0.15) is 0 Å². The van der Waals surface area contributed by atoms with Crippen molar-refractivity contribution in [3.8, 4) is 11.8 Å². The van der Waals surface area contributed by atoms with Gasteiger partial charge in [-0.1, -0.05) is 0 Å².